The Morgan fingerprint density at radius 1 is 1.00 bits per heavy atom. The van der Waals surface area contributed by atoms with Gasteiger partial charge in [-0.05, 0) is 56.0 Å². The highest BCUT2D eigenvalue weighted by Gasteiger charge is 2.12. The topological polar surface area (TPSA) is 32.3 Å². The normalized spacial score (nSPS) is 10.5. The van der Waals surface area contributed by atoms with Gasteiger partial charge in [-0.3, -0.25) is 4.79 Å². The van der Waals surface area contributed by atoms with E-state index in [4.69, 9.17) is 0 Å². The fourth-order valence-corrected chi connectivity index (χ4v) is 2.91. The van der Waals surface area contributed by atoms with E-state index >= 15 is 0 Å². The number of amides is 1. The summed E-state index contributed by atoms with van der Waals surface area (Å²) in [6.45, 7) is 6.69. The van der Waals surface area contributed by atoms with Gasteiger partial charge in [0.05, 0.1) is 0 Å². The maximum atomic E-state index is 12.4. The van der Waals surface area contributed by atoms with Crippen molar-refractivity contribution in [2.75, 3.05) is 25.5 Å². The molecule has 0 atom stereocenters. The molecule has 2 aromatic rings. The Balaban J connectivity index is 1.95. The van der Waals surface area contributed by atoms with Crippen LogP contribution < -0.4 is 10.2 Å². The maximum absolute atomic E-state index is 12.4. The van der Waals surface area contributed by atoms with E-state index in [2.05, 4.69) is 53.5 Å². The molecule has 1 N–H and O–H groups in total. The summed E-state index contributed by atoms with van der Waals surface area (Å²) in [5, 5.41) is 3.04. The Labute approximate surface area is 139 Å². The van der Waals surface area contributed by atoms with Crippen LogP contribution in [0.25, 0.3) is 0 Å². The van der Waals surface area contributed by atoms with Crippen molar-refractivity contribution in [1.29, 1.82) is 0 Å². The Morgan fingerprint density at radius 2 is 1.57 bits per heavy atom. The van der Waals surface area contributed by atoms with Gasteiger partial charge in [-0.2, -0.15) is 0 Å². The molecule has 0 saturated heterocycles. The molecule has 0 radical (unpaired) electrons. The lowest BCUT2D eigenvalue weighted by Gasteiger charge is -2.13. The van der Waals surface area contributed by atoms with Gasteiger partial charge in [0, 0.05) is 31.9 Å². The zero-order valence-electron chi connectivity index (χ0n) is 14.7. The molecule has 122 valence electrons. The highest BCUT2D eigenvalue weighted by atomic mass is 16.1. The van der Waals surface area contributed by atoms with E-state index in [1.165, 1.54) is 16.8 Å². The third kappa shape index (κ3) is 4.35. The van der Waals surface area contributed by atoms with Crippen LogP contribution in [0.1, 0.15) is 32.6 Å². The lowest BCUT2D eigenvalue weighted by molar-refractivity contribution is 0.0953. The van der Waals surface area contributed by atoms with Gasteiger partial charge in [0.25, 0.3) is 5.91 Å². The molecule has 0 aliphatic heterocycles. The molecule has 3 nitrogen and oxygen atoms in total. The summed E-state index contributed by atoms with van der Waals surface area (Å²) in [4.78, 5) is 14.5. The van der Waals surface area contributed by atoms with E-state index < -0.39 is 0 Å². The van der Waals surface area contributed by atoms with E-state index in [9.17, 15) is 4.79 Å². The molecule has 0 aromatic heterocycles. The third-order valence-corrected chi connectivity index (χ3v) is 4.06. The first-order valence-electron chi connectivity index (χ1n) is 8.01. The number of aryl methyl sites for hydroxylation is 3. The molecule has 3 heteroatoms. The zero-order valence-corrected chi connectivity index (χ0v) is 14.7. The van der Waals surface area contributed by atoms with Gasteiger partial charge in [-0.15, -0.1) is 0 Å². The molecule has 0 fully saturated rings. The predicted octanol–water partition coefficient (Wildman–Crippen LogP) is 3.65. The minimum atomic E-state index is 0.0184. The van der Waals surface area contributed by atoms with Crippen LogP contribution in [0.2, 0.25) is 0 Å². The number of anilines is 1. The zero-order chi connectivity index (χ0) is 17.0. The molecule has 0 heterocycles. The summed E-state index contributed by atoms with van der Waals surface area (Å²) in [6.07, 6.45) is 0.837. The van der Waals surface area contributed by atoms with Gasteiger partial charge in [-0.25, -0.2) is 0 Å². The van der Waals surface area contributed by atoms with Gasteiger partial charge >= 0.3 is 0 Å². The van der Waals surface area contributed by atoms with Crippen LogP contribution >= 0.6 is 0 Å². The Kier molecular flexibility index (Phi) is 5.43. The van der Waals surface area contributed by atoms with E-state index in [1.807, 2.05) is 27.9 Å². The average Bonchev–Trinajstić information content (AvgIpc) is 2.46. The molecule has 0 saturated carbocycles. The van der Waals surface area contributed by atoms with Crippen molar-refractivity contribution in [1.82, 2.24) is 5.32 Å². The van der Waals surface area contributed by atoms with Crippen molar-refractivity contribution in [3.63, 3.8) is 0 Å². The Bertz CT molecular complexity index is 664. The summed E-state index contributed by atoms with van der Waals surface area (Å²) < 4.78 is 0. The maximum Gasteiger partial charge on any atom is 0.251 e. The molecule has 0 bridgehead atoms. The van der Waals surface area contributed by atoms with Crippen LogP contribution in [0.5, 0.6) is 0 Å². The molecular weight excluding hydrogens is 284 g/mol. The molecule has 0 spiro atoms. The number of nitrogens with zero attached hydrogens (tertiary/aromatic N) is 1. The standard InChI is InChI=1S/C20H26N2O/c1-14-12-15(2)19(16(3)13-14)20(23)21-11-10-17-6-8-18(9-7-17)22(4)5/h6-9,12-13H,10-11H2,1-5H3,(H,21,23). The average molecular weight is 310 g/mol. The molecule has 0 unspecified atom stereocenters. The number of carbonyl (C=O) groups is 1. The van der Waals surface area contributed by atoms with Crippen molar-refractivity contribution < 1.29 is 4.79 Å². The lowest BCUT2D eigenvalue weighted by Crippen LogP contribution is -2.27. The highest BCUT2D eigenvalue weighted by molar-refractivity contribution is 5.97. The summed E-state index contributed by atoms with van der Waals surface area (Å²) in [5.74, 6) is 0.0184. The highest BCUT2D eigenvalue weighted by Crippen LogP contribution is 2.16. The largest absolute Gasteiger partial charge is 0.378 e. The Morgan fingerprint density at radius 3 is 2.09 bits per heavy atom. The third-order valence-electron chi connectivity index (χ3n) is 4.06. The van der Waals surface area contributed by atoms with Crippen molar-refractivity contribution in [3.05, 3.63) is 64.2 Å². The summed E-state index contributed by atoms with van der Waals surface area (Å²) in [5.41, 5.74) is 6.48. The predicted molar refractivity (Wildman–Crippen MR) is 97.5 cm³/mol. The first-order chi connectivity index (χ1) is 10.9. The minimum absolute atomic E-state index is 0.0184. The van der Waals surface area contributed by atoms with E-state index in [0.717, 1.165) is 23.1 Å². The fraction of sp³-hybridized carbons (Fsp3) is 0.350. The van der Waals surface area contributed by atoms with Gasteiger partial charge in [0.15, 0.2) is 0 Å². The van der Waals surface area contributed by atoms with E-state index in [1.54, 1.807) is 0 Å². The molecule has 0 aliphatic carbocycles. The first-order valence-corrected chi connectivity index (χ1v) is 8.01. The smallest absolute Gasteiger partial charge is 0.251 e. The number of hydrogen-bond acceptors (Lipinski definition) is 2. The van der Waals surface area contributed by atoms with Crippen LogP contribution in [-0.4, -0.2) is 26.5 Å². The Hall–Kier alpha value is -2.29. The SMILES string of the molecule is Cc1cc(C)c(C(=O)NCCc2ccc(N(C)C)cc2)c(C)c1. The minimum Gasteiger partial charge on any atom is -0.378 e. The van der Waals surface area contributed by atoms with Gasteiger partial charge in [-0.1, -0.05) is 29.8 Å². The van der Waals surface area contributed by atoms with Gasteiger partial charge in [0.2, 0.25) is 0 Å². The van der Waals surface area contributed by atoms with Crippen LogP contribution in [-0.2, 0) is 6.42 Å². The summed E-state index contributed by atoms with van der Waals surface area (Å²) in [7, 11) is 4.06. The number of rotatable bonds is 5. The second-order valence-corrected chi connectivity index (χ2v) is 6.34. The molecule has 2 rings (SSSR count). The van der Waals surface area contributed by atoms with Crippen molar-refractivity contribution in [2.24, 2.45) is 0 Å². The van der Waals surface area contributed by atoms with E-state index in [0.29, 0.717) is 6.54 Å². The van der Waals surface area contributed by atoms with Crippen LogP contribution in [0, 0.1) is 20.8 Å². The summed E-state index contributed by atoms with van der Waals surface area (Å²) in [6, 6.07) is 12.5. The number of carbonyl (C=O) groups excluding carboxylic acids is 1. The van der Waals surface area contributed by atoms with Crippen molar-refractivity contribution in [3.8, 4) is 0 Å². The lowest BCUT2D eigenvalue weighted by atomic mass is 9.99. The second-order valence-electron chi connectivity index (χ2n) is 6.34. The molecular formula is C20H26N2O. The van der Waals surface area contributed by atoms with Crippen molar-refractivity contribution >= 4 is 11.6 Å². The first kappa shape index (κ1) is 17.1. The molecule has 23 heavy (non-hydrogen) atoms. The molecule has 1 amide bonds. The number of hydrogen-bond donors (Lipinski definition) is 1. The molecule has 2 aromatic carbocycles. The molecule has 0 aliphatic rings. The monoisotopic (exact) mass is 310 g/mol. The van der Waals surface area contributed by atoms with Crippen LogP contribution in [0.15, 0.2) is 36.4 Å². The van der Waals surface area contributed by atoms with E-state index in [-0.39, 0.29) is 5.91 Å². The van der Waals surface area contributed by atoms with Gasteiger partial charge < -0.3 is 10.2 Å². The van der Waals surface area contributed by atoms with Gasteiger partial charge in [0.1, 0.15) is 0 Å². The fourth-order valence-electron chi connectivity index (χ4n) is 2.91. The summed E-state index contributed by atoms with van der Waals surface area (Å²) >= 11 is 0. The number of benzene rings is 2. The quantitative estimate of drug-likeness (QED) is 0.914. The van der Waals surface area contributed by atoms with Crippen LogP contribution in [0.4, 0.5) is 5.69 Å². The second kappa shape index (κ2) is 7.32. The number of nitrogens with one attached hydrogen (secondary N) is 1. The van der Waals surface area contributed by atoms with Crippen molar-refractivity contribution in [2.45, 2.75) is 27.2 Å². The van der Waals surface area contributed by atoms with Crippen LogP contribution in [0.3, 0.4) is 0 Å².